The summed E-state index contributed by atoms with van der Waals surface area (Å²) in [7, 11) is 0. The summed E-state index contributed by atoms with van der Waals surface area (Å²) in [5.41, 5.74) is -0.0804. The van der Waals surface area contributed by atoms with E-state index in [1.807, 2.05) is 18.7 Å². The third-order valence-corrected chi connectivity index (χ3v) is 2.85. The lowest BCUT2D eigenvalue weighted by atomic mass is 10.2. The zero-order chi connectivity index (χ0) is 14.4. The van der Waals surface area contributed by atoms with Crippen molar-refractivity contribution in [2.24, 2.45) is 11.8 Å². The normalized spacial score (nSPS) is 12.2. The van der Waals surface area contributed by atoms with E-state index in [0.29, 0.717) is 31.4 Å². The van der Waals surface area contributed by atoms with Crippen LogP contribution < -0.4 is 10.5 Å². The molecule has 0 saturated heterocycles. The van der Waals surface area contributed by atoms with E-state index in [4.69, 9.17) is 5.26 Å². The fourth-order valence-corrected chi connectivity index (χ4v) is 1.93. The quantitative estimate of drug-likeness (QED) is 0.785. The van der Waals surface area contributed by atoms with Crippen molar-refractivity contribution in [3.63, 3.8) is 0 Å². The maximum Gasteiger partial charge on any atom is 0.293 e. The van der Waals surface area contributed by atoms with Crippen molar-refractivity contribution in [1.82, 2.24) is 9.55 Å². The van der Waals surface area contributed by atoms with Crippen LogP contribution in [-0.4, -0.2) is 22.6 Å². The predicted molar refractivity (Wildman–Crippen MR) is 76.0 cm³/mol. The van der Waals surface area contributed by atoms with E-state index in [2.05, 4.69) is 24.9 Å². The molecule has 0 bridgehead atoms. The second kappa shape index (κ2) is 6.93. The van der Waals surface area contributed by atoms with Crippen LogP contribution >= 0.6 is 0 Å². The summed E-state index contributed by atoms with van der Waals surface area (Å²) in [5, 5.41) is 8.89. The van der Waals surface area contributed by atoms with Crippen LogP contribution in [0.1, 0.15) is 27.7 Å². The van der Waals surface area contributed by atoms with Gasteiger partial charge in [0.15, 0.2) is 5.82 Å². The number of hydrogen-bond donors (Lipinski definition) is 0. The first-order valence-electron chi connectivity index (χ1n) is 6.69. The smallest absolute Gasteiger partial charge is 0.293 e. The minimum absolute atomic E-state index is 0.0804. The van der Waals surface area contributed by atoms with Gasteiger partial charge in [0.25, 0.3) is 5.56 Å². The second-order valence-corrected chi connectivity index (χ2v) is 5.17. The lowest BCUT2D eigenvalue weighted by Gasteiger charge is -2.23. The second-order valence-electron chi connectivity index (χ2n) is 5.17. The third-order valence-electron chi connectivity index (χ3n) is 2.85. The number of hydrogen-bond acceptors (Lipinski definition) is 4. The molecule has 1 heterocycles. The van der Waals surface area contributed by atoms with E-state index in [1.165, 1.54) is 0 Å². The van der Waals surface area contributed by atoms with Crippen molar-refractivity contribution in [3.8, 4) is 6.07 Å². The largest absolute Gasteiger partial charge is 0.351 e. The van der Waals surface area contributed by atoms with Crippen LogP contribution in [0, 0.1) is 23.2 Å². The van der Waals surface area contributed by atoms with Crippen molar-refractivity contribution in [2.75, 3.05) is 18.0 Å². The van der Waals surface area contributed by atoms with E-state index >= 15 is 0 Å². The molecule has 0 radical (unpaired) electrons. The van der Waals surface area contributed by atoms with E-state index in [-0.39, 0.29) is 11.5 Å². The van der Waals surface area contributed by atoms with Crippen LogP contribution in [0.5, 0.6) is 0 Å². The Morgan fingerprint density at radius 1 is 1.47 bits per heavy atom. The summed E-state index contributed by atoms with van der Waals surface area (Å²) >= 11 is 0. The number of nitriles is 1. The van der Waals surface area contributed by atoms with Crippen molar-refractivity contribution in [1.29, 1.82) is 5.26 Å². The van der Waals surface area contributed by atoms with Gasteiger partial charge in [0, 0.05) is 32.0 Å². The molecule has 1 aromatic rings. The van der Waals surface area contributed by atoms with Gasteiger partial charge in [0.2, 0.25) is 0 Å². The van der Waals surface area contributed by atoms with Gasteiger partial charge in [0.05, 0.1) is 12.0 Å². The molecular formula is C14H22N4O. The maximum atomic E-state index is 12.4. The maximum absolute atomic E-state index is 12.4. The molecule has 0 aliphatic heterocycles. The van der Waals surface area contributed by atoms with Crippen molar-refractivity contribution in [3.05, 3.63) is 22.7 Å². The molecule has 0 N–H and O–H groups in total. The summed E-state index contributed by atoms with van der Waals surface area (Å²) in [6, 6.07) is 2.19. The Kier molecular flexibility index (Phi) is 5.56. The van der Waals surface area contributed by atoms with Crippen molar-refractivity contribution >= 4 is 5.82 Å². The highest BCUT2D eigenvalue weighted by Crippen LogP contribution is 2.07. The fraction of sp³-hybridized carbons (Fsp3) is 0.643. The van der Waals surface area contributed by atoms with Gasteiger partial charge in [-0.25, -0.2) is 4.98 Å². The van der Waals surface area contributed by atoms with Crippen LogP contribution in [0.2, 0.25) is 0 Å². The molecule has 1 rings (SSSR count). The first kappa shape index (κ1) is 15.2. The molecule has 5 nitrogen and oxygen atoms in total. The topological polar surface area (TPSA) is 61.9 Å². The molecule has 0 amide bonds. The zero-order valence-corrected chi connectivity index (χ0v) is 12.1. The number of aromatic nitrogens is 2. The Morgan fingerprint density at radius 2 is 2.16 bits per heavy atom. The van der Waals surface area contributed by atoms with Crippen LogP contribution in [0.4, 0.5) is 5.82 Å². The summed E-state index contributed by atoms with van der Waals surface area (Å²) in [6.07, 6.45) is 3.37. The first-order valence-corrected chi connectivity index (χ1v) is 6.69. The fourth-order valence-electron chi connectivity index (χ4n) is 1.93. The van der Waals surface area contributed by atoms with Gasteiger partial charge in [-0.15, -0.1) is 0 Å². The number of rotatable bonds is 6. The highest BCUT2D eigenvalue weighted by atomic mass is 16.1. The average molecular weight is 262 g/mol. The molecule has 1 unspecified atom stereocenters. The molecule has 1 atom stereocenters. The van der Waals surface area contributed by atoms with Gasteiger partial charge >= 0.3 is 0 Å². The molecule has 5 heteroatoms. The summed E-state index contributed by atoms with van der Waals surface area (Å²) < 4.78 is 1.69. The predicted octanol–water partition coefficient (Wildman–Crippen LogP) is 1.89. The summed E-state index contributed by atoms with van der Waals surface area (Å²) in [4.78, 5) is 18.4. The highest BCUT2D eigenvalue weighted by molar-refractivity contribution is 5.35. The molecule has 0 fully saturated rings. The standard InChI is InChI=1S/C14H22N4O/c1-5-17(10-12(4)8-15)13-14(19)18(7-6-16-13)9-11(2)3/h6-7,11-12H,5,9-10H2,1-4H3. The molecule has 0 aliphatic carbocycles. The molecule has 0 aliphatic rings. The zero-order valence-electron chi connectivity index (χ0n) is 12.1. The first-order chi connectivity index (χ1) is 8.99. The lowest BCUT2D eigenvalue weighted by molar-refractivity contribution is 0.507. The van der Waals surface area contributed by atoms with Gasteiger partial charge in [0.1, 0.15) is 0 Å². The Bertz CT molecular complexity index is 501. The molecule has 0 saturated carbocycles. The van der Waals surface area contributed by atoms with Gasteiger partial charge in [-0.2, -0.15) is 5.26 Å². The SMILES string of the molecule is CCN(CC(C)C#N)c1nccn(CC(C)C)c1=O. The monoisotopic (exact) mass is 262 g/mol. The molecule has 0 aromatic carbocycles. The Balaban J connectivity index is 3.05. The lowest BCUT2D eigenvalue weighted by Crippen LogP contribution is -2.36. The van der Waals surface area contributed by atoms with E-state index in [0.717, 1.165) is 0 Å². The molecular weight excluding hydrogens is 240 g/mol. The molecule has 19 heavy (non-hydrogen) atoms. The summed E-state index contributed by atoms with van der Waals surface area (Å²) in [6.45, 7) is 9.83. The van der Waals surface area contributed by atoms with Crippen LogP contribution in [0.15, 0.2) is 17.2 Å². The van der Waals surface area contributed by atoms with E-state index in [1.54, 1.807) is 17.0 Å². The van der Waals surface area contributed by atoms with Crippen molar-refractivity contribution < 1.29 is 0 Å². The van der Waals surface area contributed by atoms with Crippen LogP contribution in [0.25, 0.3) is 0 Å². The molecule has 0 spiro atoms. The van der Waals surface area contributed by atoms with E-state index < -0.39 is 0 Å². The highest BCUT2D eigenvalue weighted by Gasteiger charge is 2.15. The Labute approximate surface area is 114 Å². The third kappa shape index (κ3) is 4.09. The number of nitrogens with zero attached hydrogens (tertiary/aromatic N) is 4. The van der Waals surface area contributed by atoms with Crippen LogP contribution in [0.3, 0.4) is 0 Å². The minimum atomic E-state index is -0.125. The van der Waals surface area contributed by atoms with Gasteiger partial charge in [-0.3, -0.25) is 4.79 Å². The van der Waals surface area contributed by atoms with Crippen molar-refractivity contribution in [2.45, 2.75) is 34.2 Å². The minimum Gasteiger partial charge on any atom is -0.351 e. The Hall–Kier alpha value is -1.83. The Morgan fingerprint density at radius 3 is 2.68 bits per heavy atom. The van der Waals surface area contributed by atoms with Crippen LogP contribution in [-0.2, 0) is 6.54 Å². The van der Waals surface area contributed by atoms with Gasteiger partial charge in [-0.1, -0.05) is 13.8 Å². The van der Waals surface area contributed by atoms with Gasteiger partial charge < -0.3 is 9.47 Å². The average Bonchev–Trinajstić information content (AvgIpc) is 2.38. The summed E-state index contributed by atoms with van der Waals surface area (Å²) in [5.74, 6) is 0.716. The number of anilines is 1. The molecule has 104 valence electrons. The van der Waals surface area contributed by atoms with E-state index in [9.17, 15) is 4.79 Å². The molecule has 1 aromatic heterocycles. The van der Waals surface area contributed by atoms with Gasteiger partial charge in [-0.05, 0) is 19.8 Å².